The normalized spacial score (nSPS) is 25.7. The first kappa shape index (κ1) is 27.6. The number of nitriles is 1. The van der Waals surface area contributed by atoms with E-state index in [2.05, 4.69) is 21.8 Å². The Balaban J connectivity index is 1.33. The molecular formula is C26H28F4N6O2S. The summed E-state index contributed by atoms with van der Waals surface area (Å²) >= 11 is 5.59. The van der Waals surface area contributed by atoms with Crippen LogP contribution in [0.2, 0.25) is 0 Å². The van der Waals surface area contributed by atoms with E-state index in [4.69, 9.17) is 22.2 Å². The number of hydrogen-bond acceptors (Lipinski definition) is 7. The Bertz CT molecular complexity index is 1250. The SMILES string of the molecule is CN1CCN(CCOC2C=CC(N3C(=S)N(c4cnc(C#N)c(C(F)(F)F)c4)C(=O)C34CCC4)=CC2F)CC1. The number of pyridine rings is 1. The molecule has 1 aromatic rings. The van der Waals surface area contributed by atoms with E-state index < -0.39 is 41.2 Å². The molecule has 13 heteroatoms. The summed E-state index contributed by atoms with van der Waals surface area (Å²) in [5.41, 5.74) is -2.98. The van der Waals surface area contributed by atoms with Gasteiger partial charge in [0.2, 0.25) is 0 Å². The van der Waals surface area contributed by atoms with Crippen molar-refractivity contribution < 1.29 is 27.1 Å². The van der Waals surface area contributed by atoms with Gasteiger partial charge in [0.05, 0.1) is 24.1 Å². The number of carbonyl (C=O) groups is 1. The van der Waals surface area contributed by atoms with E-state index in [0.29, 0.717) is 44.2 Å². The summed E-state index contributed by atoms with van der Waals surface area (Å²) in [5, 5.41) is 9.01. The Kier molecular flexibility index (Phi) is 7.49. The molecule has 2 atom stereocenters. The van der Waals surface area contributed by atoms with Crippen LogP contribution in [-0.2, 0) is 15.7 Å². The lowest BCUT2D eigenvalue weighted by Gasteiger charge is -2.44. The summed E-state index contributed by atoms with van der Waals surface area (Å²) in [7, 11) is 2.08. The fraction of sp³-hybridized carbons (Fsp3) is 0.538. The number of allylic oxidation sites excluding steroid dienone is 1. The lowest BCUT2D eigenvalue weighted by atomic mass is 9.75. The van der Waals surface area contributed by atoms with E-state index in [1.54, 1.807) is 17.1 Å². The molecule has 0 radical (unpaired) electrons. The molecule has 3 heterocycles. The summed E-state index contributed by atoms with van der Waals surface area (Å²) in [6, 6.07) is 2.14. The highest BCUT2D eigenvalue weighted by Crippen LogP contribution is 2.48. The molecular weight excluding hydrogens is 536 g/mol. The number of rotatable bonds is 6. The van der Waals surface area contributed by atoms with E-state index in [1.807, 2.05) is 0 Å². The van der Waals surface area contributed by atoms with Crippen molar-refractivity contribution in [2.45, 2.75) is 43.3 Å². The topological polar surface area (TPSA) is 75.9 Å². The zero-order valence-corrected chi connectivity index (χ0v) is 22.1. The number of nitrogens with zero attached hydrogens (tertiary/aromatic N) is 6. The molecule has 2 unspecified atom stereocenters. The second-order valence-electron chi connectivity index (χ2n) is 10.2. The average Bonchev–Trinajstić information content (AvgIpc) is 3.12. The van der Waals surface area contributed by atoms with Crippen molar-refractivity contribution in [2.75, 3.05) is 51.3 Å². The maximum Gasteiger partial charge on any atom is 0.419 e. The Morgan fingerprint density at radius 3 is 2.56 bits per heavy atom. The van der Waals surface area contributed by atoms with Gasteiger partial charge >= 0.3 is 6.18 Å². The van der Waals surface area contributed by atoms with Gasteiger partial charge in [-0.1, -0.05) is 6.08 Å². The van der Waals surface area contributed by atoms with Crippen LogP contribution in [0, 0.1) is 11.3 Å². The predicted molar refractivity (Wildman–Crippen MR) is 138 cm³/mol. The third kappa shape index (κ3) is 5.06. The van der Waals surface area contributed by atoms with Crippen LogP contribution < -0.4 is 4.90 Å². The van der Waals surface area contributed by atoms with Crippen molar-refractivity contribution in [1.82, 2.24) is 19.7 Å². The van der Waals surface area contributed by atoms with Gasteiger partial charge in [-0.15, -0.1) is 0 Å². The minimum absolute atomic E-state index is 0.0585. The number of carbonyl (C=O) groups excluding carboxylic acids is 1. The molecule has 39 heavy (non-hydrogen) atoms. The van der Waals surface area contributed by atoms with Crippen LogP contribution >= 0.6 is 12.2 Å². The Labute approximate surface area is 229 Å². The smallest absolute Gasteiger partial charge is 0.369 e. The van der Waals surface area contributed by atoms with Gasteiger partial charge in [-0.2, -0.15) is 18.4 Å². The van der Waals surface area contributed by atoms with Crippen LogP contribution in [0.1, 0.15) is 30.5 Å². The Hall–Kier alpha value is -2.92. The Morgan fingerprint density at radius 1 is 1.26 bits per heavy atom. The van der Waals surface area contributed by atoms with E-state index in [1.165, 1.54) is 12.1 Å². The number of likely N-dealkylation sites (N-methyl/N-ethyl adjacent to an activating group) is 1. The van der Waals surface area contributed by atoms with Crippen LogP contribution in [0.15, 0.2) is 36.2 Å². The monoisotopic (exact) mass is 564 g/mol. The first-order valence-corrected chi connectivity index (χ1v) is 13.2. The zero-order valence-electron chi connectivity index (χ0n) is 21.3. The highest BCUT2D eigenvalue weighted by Gasteiger charge is 2.60. The number of anilines is 1. The van der Waals surface area contributed by atoms with Crippen LogP contribution in [0.5, 0.6) is 0 Å². The second-order valence-corrected chi connectivity index (χ2v) is 10.6. The van der Waals surface area contributed by atoms with Crippen LogP contribution in [0.4, 0.5) is 23.2 Å². The van der Waals surface area contributed by atoms with Crippen LogP contribution in [0.25, 0.3) is 0 Å². The van der Waals surface area contributed by atoms with Gasteiger partial charge in [0.15, 0.2) is 17.0 Å². The number of aromatic nitrogens is 1. The number of alkyl halides is 4. The number of ether oxygens (including phenoxy) is 1. The maximum atomic E-state index is 15.2. The van der Waals surface area contributed by atoms with Gasteiger partial charge in [-0.3, -0.25) is 14.6 Å². The molecule has 1 aromatic heterocycles. The van der Waals surface area contributed by atoms with Gasteiger partial charge < -0.3 is 14.5 Å². The van der Waals surface area contributed by atoms with Gasteiger partial charge in [-0.05, 0) is 56.7 Å². The number of piperazine rings is 1. The minimum Gasteiger partial charge on any atom is -0.369 e. The third-order valence-corrected chi connectivity index (χ3v) is 8.17. The van der Waals surface area contributed by atoms with Gasteiger partial charge in [-0.25, -0.2) is 9.37 Å². The molecule has 8 nitrogen and oxygen atoms in total. The van der Waals surface area contributed by atoms with Gasteiger partial charge in [0, 0.05) is 38.4 Å². The van der Waals surface area contributed by atoms with Crippen molar-refractivity contribution in [3.05, 3.63) is 47.4 Å². The summed E-state index contributed by atoms with van der Waals surface area (Å²) in [5.74, 6) is -0.492. The summed E-state index contributed by atoms with van der Waals surface area (Å²) in [4.78, 5) is 24.3. The van der Waals surface area contributed by atoms with Crippen molar-refractivity contribution >= 4 is 28.9 Å². The molecule has 5 rings (SSSR count). The van der Waals surface area contributed by atoms with E-state index in [-0.39, 0.29) is 10.8 Å². The van der Waals surface area contributed by atoms with E-state index >= 15 is 4.39 Å². The van der Waals surface area contributed by atoms with Crippen LogP contribution in [0.3, 0.4) is 0 Å². The van der Waals surface area contributed by atoms with Crippen molar-refractivity contribution in [2.24, 2.45) is 0 Å². The van der Waals surface area contributed by atoms with E-state index in [0.717, 1.165) is 37.3 Å². The lowest BCUT2D eigenvalue weighted by molar-refractivity contribution is -0.138. The molecule has 208 valence electrons. The van der Waals surface area contributed by atoms with E-state index in [9.17, 15) is 18.0 Å². The van der Waals surface area contributed by atoms with Crippen molar-refractivity contribution in [3.8, 4) is 6.07 Å². The molecule has 1 saturated carbocycles. The molecule has 2 saturated heterocycles. The molecule has 1 spiro atoms. The fourth-order valence-electron chi connectivity index (χ4n) is 5.39. The highest BCUT2D eigenvalue weighted by atomic mass is 32.1. The number of halogens is 4. The first-order valence-electron chi connectivity index (χ1n) is 12.8. The van der Waals surface area contributed by atoms with Crippen molar-refractivity contribution in [3.63, 3.8) is 0 Å². The van der Waals surface area contributed by atoms with Crippen molar-refractivity contribution in [1.29, 1.82) is 5.26 Å². The van der Waals surface area contributed by atoms with Gasteiger partial charge in [0.25, 0.3) is 5.91 Å². The molecule has 4 aliphatic rings. The fourth-order valence-corrected chi connectivity index (χ4v) is 5.86. The quantitative estimate of drug-likeness (QED) is 0.385. The molecule has 2 aliphatic heterocycles. The molecule has 2 aliphatic carbocycles. The average molecular weight is 565 g/mol. The highest BCUT2D eigenvalue weighted by molar-refractivity contribution is 7.80. The summed E-state index contributed by atoms with van der Waals surface area (Å²) in [6.45, 7) is 4.88. The number of amides is 1. The number of thiocarbonyl (C=S) groups is 1. The first-order chi connectivity index (χ1) is 18.5. The molecule has 3 fully saturated rings. The molecule has 0 bridgehead atoms. The summed E-state index contributed by atoms with van der Waals surface area (Å²) < 4.78 is 61.8. The Morgan fingerprint density at radius 2 is 1.97 bits per heavy atom. The maximum absolute atomic E-state index is 15.2. The molecule has 0 aromatic carbocycles. The minimum atomic E-state index is -4.85. The third-order valence-electron chi connectivity index (χ3n) is 7.81. The zero-order chi connectivity index (χ0) is 27.9. The van der Waals surface area contributed by atoms with Gasteiger partial charge in [0.1, 0.15) is 17.7 Å². The molecule has 1 amide bonds. The predicted octanol–water partition coefficient (Wildman–Crippen LogP) is 3.25. The largest absolute Gasteiger partial charge is 0.419 e. The molecule has 0 N–H and O–H groups in total. The summed E-state index contributed by atoms with van der Waals surface area (Å²) in [6.07, 6.45) is 0.0524. The standard InChI is InChI=1S/C26H28F4N6O2S/c1-33-7-9-34(10-8-33)11-12-38-22-4-3-17(14-20(22)27)36-24(39)35(23(37)25(36)5-2-6-25)18-13-19(26(28,29)30)21(15-31)32-16-18/h3-4,13-14,16,20,22H,2,5-12H2,1H3. The lowest BCUT2D eigenvalue weighted by Crippen LogP contribution is -2.54. The number of hydrogen-bond donors (Lipinski definition) is 0. The van der Waals surface area contributed by atoms with Crippen LogP contribution in [-0.4, -0.2) is 94.9 Å². The second kappa shape index (κ2) is 10.6.